The van der Waals surface area contributed by atoms with Gasteiger partial charge in [-0.25, -0.2) is 0 Å². The zero-order chi connectivity index (χ0) is 16.9. The van der Waals surface area contributed by atoms with Crippen LogP contribution in [0, 0.1) is 13.8 Å². The molecule has 0 bridgehead atoms. The van der Waals surface area contributed by atoms with Crippen molar-refractivity contribution in [2.45, 2.75) is 13.8 Å². The van der Waals surface area contributed by atoms with Crippen molar-refractivity contribution in [3.05, 3.63) is 77.9 Å². The normalized spacial score (nSPS) is 10.3. The molecule has 0 aromatic heterocycles. The molecule has 3 nitrogen and oxygen atoms in total. The Hall–Kier alpha value is -2.94. The number of anilines is 4. The maximum absolute atomic E-state index is 5.44. The number of methoxy groups -OCH3 is 1. The van der Waals surface area contributed by atoms with Gasteiger partial charge >= 0.3 is 0 Å². The molecule has 0 atom stereocenters. The van der Waals surface area contributed by atoms with E-state index in [2.05, 4.69) is 79.1 Å². The molecule has 3 heteroatoms. The van der Waals surface area contributed by atoms with E-state index in [4.69, 9.17) is 4.74 Å². The lowest BCUT2D eigenvalue weighted by Gasteiger charge is -2.13. The van der Waals surface area contributed by atoms with E-state index in [-0.39, 0.29) is 0 Å². The molecule has 2 N–H and O–H groups in total. The first-order valence-corrected chi connectivity index (χ1v) is 7.99. The molecular weight excluding hydrogens is 296 g/mol. The summed E-state index contributed by atoms with van der Waals surface area (Å²) >= 11 is 0. The molecular formula is C21H22N2O. The average molecular weight is 318 g/mol. The van der Waals surface area contributed by atoms with Gasteiger partial charge in [0.1, 0.15) is 5.75 Å². The molecule has 0 unspecified atom stereocenters. The summed E-state index contributed by atoms with van der Waals surface area (Å²) in [6.45, 7) is 4.14. The molecule has 0 aliphatic rings. The van der Waals surface area contributed by atoms with Crippen LogP contribution < -0.4 is 15.4 Å². The molecule has 0 saturated carbocycles. The molecule has 3 aromatic rings. The summed E-state index contributed by atoms with van der Waals surface area (Å²) < 4.78 is 5.44. The zero-order valence-electron chi connectivity index (χ0n) is 14.3. The minimum Gasteiger partial charge on any atom is -0.495 e. The van der Waals surface area contributed by atoms with Gasteiger partial charge in [0.05, 0.1) is 12.8 Å². The van der Waals surface area contributed by atoms with E-state index in [1.807, 2.05) is 12.1 Å². The van der Waals surface area contributed by atoms with Crippen LogP contribution in [0.25, 0.3) is 0 Å². The lowest BCUT2D eigenvalue weighted by atomic mass is 10.2. The Morgan fingerprint density at radius 3 is 1.71 bits per heavy atom. The van der Waals surface area contributed by atoms with Gasteiger partial charge in [-0.15, -0.1) is 0 Å². The van der Waals surface area contributed by atoms with Crippen LogP contribution in [-0.2, 0) is 0 Å². The monoisotopic (exact) mass is 318 g/mol. The van der Waals surface area contributed by atoms with Crippen molar-refractivity contribution in [1.29, 1.82) is 0 Å². The van der Waals surface area contributed by atoms with Gasteiger partial charge in [-0.2, -0.15) is 0 Å². The zero-order valence-corrected chi connectivity index (χ0v) is 14.3. The van der Waals surface area contributed by atoms with Gasteiger partial charge < -0.3 is 15.4 Å². The molecule has 3 aromatic carbocycles. The molecule has 0 amide bonds. The van der Waals surface area contributed by atoms with Crippen molar-refractivity contribution in [2.75, 3.05) is 17.7 Å². The van der Waals surface area contributed by atoms with Crippen molar-refractivity contribution in [2.24, 2.45) is 0 Å². The third-order valence-electron chi connectivity index (χ3n) is 3.86. The number of aryl methyl sites for hydroxylation is 2. The predicted molar refractivity (Wildman–Crippen MR) is 102 cm³/mol. The smallest absolute Gasteiger partial charge is 0.142 e. The number of hydrogen-bond donors (Lipinski definition) is 2. The summed E-state index contributed by atoms with van der Waals surface area (Å²) in [5.41, 5.74) is 6.55. The van der Waals surface area contributed by atoms with Crippen molar-refractivity contribution in [3.63, 3.8) is 0 Å². The van der Waals surface area contributed by atoms with Crippen molar-refractivity contribution in [1.82, 2.24) is 0 Å². The van der Waals surface area contributed by atoms with Gasteiger partial charge in [-0.3, -0.25) is 0 Å². The quantitative estimate of drug-likeness (QED) is 0.624. The standard InChI is InChI=1S/C21H22N2O/c1-15-4-7-17(8-5-15)22-18-9-11-19(12-10-18)23-20-13-6-16(2)14-21(20)24-3/h4-14,22-23H,1-3H3. The lowest BCUT2D eigenvalue weighted by molar-refractivity contribution is 0.416. The molecule has 0 fully saturated rings. The first-order chi connectivity index (χ1) is 11.6. The summed E-state index contributed by atoms with van der Waals surface area (Å²) in [4.78, 5) is 0. The number of nitrogens with one attached hydrogen (secondary N) is 2. The average Bonchev–Trinajstić information content (AvgIpc) is 2.60. The van der Waals surface area contributed by atoms with Gasteiger partial charge in [0.2, 0.25) is 0 Å². The summed E-state index contributed by atoms with van der Waals surface area (Å²) in [5.74, 6) is 0.844. The number of benzene rings is 3. The fourth-order valence-electron chi connectivity index (χ4n) is 2.50. The Balaban J connectivity index is 1.71. The van der Waals surface area contributed by atoms with E-state index in [9.17, 15) is 0 Å². The fourth-order valence-corrected chi connectivity index (χ4v) is 2.50. The summed E-state index contributed by atoms with van der Waals surface area (Å²) in [6.07, 6.45) is 0. The van der Waals surface area contributed by atoms with Crippen LogP contribution in [-0.4, -0.2) is 7.11 Å². The van der Waals surface area contributed by atoms with Crippen LogP contribution in [0.1, 0.15) is 11.1 Å². The third kappa shape index (κ3) is 3.87. The Kier molecular flexibility index (Phi) is 4.71. The number of ether oxygens (including phenoxy) is 1. The number of hydrogen-bond acceptors (Lipinski definition) is 3. The predicted octanol–water partition coefficient (Wildman–Crippen LogP) is 5.80. The van der Waals surface area contributed by atoms with E-state index in [1.54, 1.807) is 7.11 Å². The topological polar surface area (TPSA) is 33.3 Å². The van der Waals surface area contributed by atoms with Crippen molar-refractivity contribution >= 4 is 22.7 Å². The Bertz CT molecular complexity index is 808. The van der Waals surface area contributed by atoms with Crippen LogP contribution in [0.5, 0.6) is 5.75 Å². The fraction of sp³-hybridized carbons (Fsp3) is 0.143. The third-order valence-corrected chi connectivity index (χ3v) is 3.86. The highest BCUT2D eigenvalue weighted by atomic mass is 16.5. The van der Waals surface area contributed by atoms with Gasteiger partial charge in [0.15, 0.2) is 0 Å². The second kappa shape index (κ2) is 7.09. The maximum atomic E-state index is 5.44. The highest BCUT2D eigenvalue weighted by molar-refractivity contribution is 5.69. The first kappa shape index (κ1) is 15.9. The second-order valence-corrected chi connectivity index (χ2v) is 5.90. The molecule has 0 aliphatic carbocycles. The molecule has 0 aliphatic heterocycles. The van der Waals surface area contributed by atoms with E-state index < -0.39 is 0 Å². The van der Waals surface area contributed by atoms with Gasteiger partial charge in [-0.05, 0) is 67.9 Å². The summed E-state index contributed by atoms with van der Waals surface area (Å²) in [6, 6.07) is 22.7. The SMILES string of the molecule is COc1cc(C)ccc1Nc1ccc(Nc2ccc(C)cc2)cc1. The summed E-state index contributed by atoms with van der Waals surface area (Å²) in [5, 5.41) is 6.80. The van der Waals surface area contributed by atoms with Gasteiger partial charge in [-0.1, -0.05) is 23.8 Å². The molecule has 3 rings (SSSR count). The maximum Gasteiger partial charge on any atom is 0.142 e. The van der Waals surface area contributed by atoms with Crippen molar-refractivity contribution < 1.29 is 4.74 Å². The molecule has 0 spiro atoms. The number of rotatable bonds is 5. The molecule has 24 heavy (non-hydrogen) atoms. The van der Waals surface area contributed by atoms with Crippen LogP contribution in [0.15, 0.2) is 66.7 Å². The van der Waals surface area contributed by atoms with Crippen LogP contribution in [0.3, 0.4) is 0 Å². The Morgan fingerprint density at radius 2 is 1.12 bits per heavy atom. The second-order valence-electron chi connectivity index (χ2n) is 5.90. The van der Waals surface area contributed by atoms with Crippen LogP contribution in [0.2, 0.25) is 0 Å². The highest BCUT2D eigenvalue weighted by Gasteiger charge is 2.03. The van der Waals surface area contributed by atoms with Gasteiger partial charge in [0.25, 0.3) is 0 Å². The highest BCUT2D eigenvalue weighted by Crippen LogP contribution is 2.29. The van der Waals surface area contributed by atoms with E-state index in [1.165, 1.54) is 11.1 Å². The van der Waals surface area contributed by atoms with Crippen LogP contribution in [0.4, 0.5) is 22.7 Å². The summed E-state index contributed by atoms with van der Waals surface area (Å²) in [7, 11) is 1.69. The largest absolute Gasteiger partial charge is 0.495 e. The minimum atomic E-state index is 0.844. The lowest BCUT2D eigenvalue weighted by Crippen LogP contribution is -1.96. The molecule has 0 saturated heterocycles. The van der Waals surface area contributed by atoms with Crippen LogP contribution >= 0.6 is 0 Å². The van der Waals surface area contributed by atoms with Crippen molar-refractivity contribution in [3.8, 4) is 5.75 Å². The van der Waals surface area contributed by atoms with Gasteiger partial charge in [0, 0.05) is 17.1 Å². The first-order valence-electron chi connectivity index (χ1n) is 7.99. The molecule has 122 valence electrons. The van der Waals surface area contributed by atoms with E-state index in [0.717, 1.165) is 28.5 Å². The van der Waals surface area contributed by atoms with E-state index >= 15 is 0 Å². The molecule has 0 radical (unpaired) electrons. The Morgan fingerprint density at radius 1 is 0.625 bits per heavy atom. The minimum absolute atomic E-state index is 0.844. The molecule has 0 heterocycles. The Labute approximate surface area is 143 Å². The van der Waals surface area contributed by atoms with E-state index in [0.29, 0.717) is 0 Å².